The van der Waals surface area contributed by atoms with E-state index < -0.39 is 196 Å². The lowest BCUT2D eigenvalue weighted by Crippen LogP contribution is -2.70. The van der Waals surface area contributed by atoms with Gasteiger partial charge in [0.15, 0.2) is 74.4 Å². The number of carbonyl (C=O) groups is 8. The molecule has 0 amide bonds. The van der Waals surface area contributed by atoms with E-state index in [4.69, 9.17) is 94.7 Å². The zero-order valence-electron chi connectivity index (χ0n) is 53.2. The van der Waals surface area contributed by atoms with Gasteiger partial charge in [0.2, 0.25) is 0 Å². The summed E-state index contributed by atoms with van der Waals surface area (Å²) in [5, 5.41) is 0. The standard InChI is InChI=1S/C67H76O28/c1-34-50(51-48(32-79-63(92-51)44-25-17-11-18-26-44)86-62(34)78-29-42-21-13-9-14-22-42)91-67-60(90-61(75)43-23-15-10-16-24-43)57(54-49(89-67)33-80-64(93-54)45-27-19-12-20-28-45)95-66-59(85-41(8)74)56(53(82-38(5)71)47(88-66)31-77-36(3)69)94-65-58(84-40(7)73)55(83-39(6)72)52(81-37(4)70)46(87-65)30-76-35(2)68/h9-28,34,46-60,62-67H,29-33H2,1-8H3/t34?,46?,47?,48?,49?,50-,51+,52+,53+,54+,55+,56+,57+,58?,59?,60?,62-,63?,64?,65+,66+,67+/m1/s1. The average molecular weight is 1330 g/mol. The lowest BCUT2D eigenvalue weighted by atomic mass is 9.90. The van der Waals surface area contributed by atoms with Gasteiger partial charge in [-0.25, -0.2) is 4.79 Å². The van der Waals surface area contributed by atoms with Gasteiger partial charge in [-0.05, 0) is 17.7 Å². The molecule has 4 aromatic rings. The fourth-order valence-electron chi connectivity index (χ4n) is 12.0. The molecular formula is C67H76O28. The molecule has 6 aliphatic heterocycles. The summed E-state index contributed by atoms with van der Waals surface area (Å²) in [6.45, 7) is 7.61. The SMILES string of the molecule is CC(=O)OCC1O[C@@H](O[C@@H]2C(OC(C)=O)[C@H](O[C@@H]3C(OC(=O)c4ccccc4)[C@H](O[C@@H]4C(C)[C@H](OCc5ccccc5)OC5COC(c6ccccc6)O[C@@H]54)OC4COC(c5ccccc5)O[C@@H]43)OC(COC(C)=O)[C@@H]2OC(C)=O)C(OC(C)=O)[C@@H](OC(C)=O)[C@H]1OC(C)=O. The minimum Gasteiger partial charge on any atom is -0.463 e. The molecule has 0 aliphatic carbocycles. The van der Waals surface area contributed by atoms with Crippen molar-refractivity contribution in [1.29, 1.82) is 0 Å². The fraction of sp³-hybridized carbons (Fsp3) is 0.522. The molecule has 6 aliphatic rings. The third-order valence-corrected chi connectivity index (χ3v) is 16.0. The predicted octanol–water partition coefficient (Wildman–Crippen LogP) is 5.13. The Bertz CT molecular complexity index is 3250. The smallest absolute Gasteiger partial charge is 0.338 e. The van der Waals surface area contributed by atoms with E-state index in [0.29, 0.717) is 11.1 Å². The quantitative estimate of drug-likeness (QED) is 0.0727. The van der Waals surface area contributed by atoms with E-state index in [9.17, 15) is 38.4 Å². The van der Waals surface area contributed by atoms with Crippen molar-refractivity contribution in [3.05, 3.63) is 144 Å². The van der Waals surface area contributed by atoms with Crippen molar-refractivity contribution in [2.45, 2.75) is 191 Å². The summed E-state index contributed by atoms with van der Waals surface area (Å²) in [6, 6.07) is 35.5. The van der Waals surface area contributed by atoms with Crippen molar-refractivity contribution < 1.29 is 133 Å². The van der Waals surface area contributed by atoms with Crippen molar-refractivity contribution in [3.8, 4) is 0 Å². The lowest BCUT2D eigenvalue weighted by molar-refractivity contribution is -0.415. The number of fused-ring (bicyclic) bond motifs is 2. The maximum atomic E-state index is 14.9. The first kappa shape index (κ1) is 70.0. The van der Waals surface area contributed by atoms with Gasteiger partial charge in [0.05, 0.1) is 31.5 Å². The number of esters is 8. The van der Waals surface area contributed by atoms with E-state index in [-0.39, 0.29) is 25.4 Å². The van der Waals surface area contributed by atoms with Crippen LogP contribution in [0.25, 0.3) is 0 Å². The summed E-state index contributed by atoms with van der Waals surface area (Å²) in [6.07, 6.45) is -31.9. The van der Waals surface area contributed by atoms with Crippen LogP contribution in [0.3, 0.4) is 0 Å². The summed E-state index contributed by atoms with van der Waals surface area (Å²) in [5.41, 5.74) is 2.16. The third kappa shape index (κ3) is 17.8. The summed E-state index contributed by atoms with van der Waals surface area (Å²) in [7, 11) is 0. The van der Waals surface area contributed by atoms with Crippen molar-refractivity contribution in [2.24, 2.45) is 5.92 Å². The first-order valence-corrected chi connectivity index (χ1v) is 30.9. The van der Waals surface area contributed by atoms with Crippen molar-refractivity contribution >= 4 is 47.8 Å². The highest BCUT2D eigenvalue weighted by Gasteiger charge is 2.62. The van der Waals surface area contributed by atoms with Crippen LogP contribution in [-0.2, 0) is 135 Å². The lowest BCUT2D eigenvalue weighted by Gasteiger charge is -2.53. The molecule has 0 bridgehead atoms. The largest absolute Gasteiger partial charge is 0.463 e. The van der Waals surface area contributed by atoms with E-state index in [1.165, 1.54) is 12.1 Å². The Morgan fingerprint density at radius 2 is 0.758 bits per heavy atom. The number of hydrogen-bond donors (Lipinski definition) is 0. The van der Waals surface area contributed by atoms with Crippen molar-refractivity contribution in [1.82, 2.24) is 0 Å². The Morgan fingerprint density at radius 3 is 1.24 bits per heavy atom. The molecule has 6 fully saturated rings. The highest BCUT2D eigenvalue weighted by molar-refractivity contribution is 5.89. The first-order chi connectivity index (χ1) is 45.7. The van der Waals surface area contributed by atoms with Gasteiger partial charge in [-0.1, -0.05) is 116 Å². The number of carbonyl (C=O) groups excluding carboxylic acids is 8. The van der Waals surface area contributed by atoms with Gasteiger partial charge < -0.3 is 94.7 Å². The molecule has 10 rings (SSSR count). The maximum Gasteiger partial charge on any atom is 0.338 e. The van der Waals surface area contributed by atoms with Crippen molar-refractivity contribution in [3.63, 3.8) is 0 Å². The average Bonchev–Trinajstić information content (AvgIpc) is 0.755. The van der Waals surface area contributed by atoms with E-state index in [0.717, 1.165) is 54.0 Å². The van der Waals surface area contributed by atoms with E-state index in [1.54, 1.807) is 48.5 Å². The number of benzene rings is 4. The van der Waals surface area contributed by atoms with E-state index >= 15 is 0 Å². The zero-order valence-corrected chi connectivity index (χ0v) is 53.2. The van der Waals surface area contributed by atoms with E-state index in [1.807, 2.05) is 67.6 Å². The van der Waals surface area contributed by atoms with Crippen LogP contribution in [0.4, 0.5) is 0 Å². The number of ether oxygens (including phenoxy) is 20. The summed E-state index contributed by atoms with van der Waals surface area (Å²) in [4.78, 5) is 106. The zero-order chi connectivity index (χ0) is 67.4. The Balaban J connectivity index is 1.10. The van der Waals surface area contributed by atoms with Gasteiger partial charge >= 0.3 is 47.8 Å². The Morgan fingerprint density at radius 1 is 0.379 bits per heavy atom. The van der Waals surface area contributed by atoms with Crippen LogP contribution >= 0.6 is 0 Å². The number of rotatable bonds is 22. The molecule has 10 unspecified atom stereocenters. The molecule has 22 atom stereocenters. The topological polar surface area (TPSA) is 321 Å². The predicted molar refractivity (Wildman–Crippen MR) is 316 cm³/mol. The van der Waals surface area contributed by atoms with Gasteiger partial charge in [0, 0.05) is 65.5 Å². The van der Waals surface area contributed by atoms with Crippen LogP contribution < -0.4 is 0 Å². The van der Waals surface area contributed by atoms with Crippen LogP contribution in [-0.4, -0.2) is 191 Å². The van der Waals surface area contributed by atoms with Crippen LogP contribution in [0.15, 0.2) is 121 Å². The molecule has 0 saturated carbocycles. The minimum atomic E-state index is -2.04. The van der Waals surface area contributed by atoms with Crippen molar-refractivity contribution in [2.75, 3.05) is 26.4 Å². The highest BCUT2D eigenvalue weighted by atomic mass is 16.8. The van der Waals surface area contributed by atoms with Crippen LogP contribution in [0.1, 0.15) is 95.0 Å². The van der Waals surface area contributed by atoms with Gasteiger partial charge in [0.1, 0.15) is 62.0 Å². The molecule has 95 heavy (non-hydrogen) atoms. The monoisotopic (exact) mass is 1330 g/mol. The van der Waals surface area contributed by atoms with Gasteiger partial charge in [0.25, 0.3) is 0 Å². The first-order valence-electron chi connectivity index (χ1n) is 30.9. The van der Waals surface area contributed by atoms with Crippen LogP contribution in [0, 0.1) is 5.92 Å². The molecule has 28 nitrogen and oxygen atoms in total. The molecule has 512 valence electrons. The molecule has 6 heterocycles. The van der Waals surface area contributed by atoms with Gasteiger partial charge in [-0.2, -0.15) is 0 Å². The second-order valence-corrected chi connectivity index (χ2v) is 23.2. The Kier molecular flexibility index (Phi) is 23.8. The number of hydrogen-bond acceptors (Lipinski definition) is 28. The molecule has 0 spiro atoms. The fourth-order valence-corrected chi connectivity index (χ4v) is 12.0. The van der Waals surface area contributed by atoms with Gasteiger partial charge in [-0.3, -0.25) is 33.6 Å². The molecule has 4 aromatic carbocycles. The van der Waals surface area contributed by atoms with Crippen LogP contribution in [0.5, 0.6) is 0 Å². The normalized spacial score (nSPS) is 33.5. The molecule has 28 heteroatoms. The van der Waals surface area contributed by atoms with Gasteiger partial charge in [-0.15, -0.1) is 0 Å². The van der Waals surface area contributed by atoms with Crippen LogP contribution in [0.2, 0.25) is 0 Å². The summed E-state index contributed by atoms with van der Waals surface area (Å²) < 4.78 is 127. The molecule has 0 N–H and O–H groups in total. The summed E-state index contributed by atoms with van der Waals surface area (Å²) in [5.74, 6) is -8.19. The molecule has 0 aromatic heterocycles. The maximum absolute atomic E-state index is 14.9. The van der Waals surface area contributed by atoms with E-state index in [2.05, 4.69) is 0 Å². The Labute approximate surface area is 546 Å². The minimum absolute atomic E-state index is 0.0130. The summed E-state index contributed by atoms with van der Waals surface area (Å²) >= 11 is 0. The molecule has 0 radical (unpaired) electrons. The third-order valence-electron chi connectivity index (χ3n) is 16.0. The molecule has 6 saturated heterocycles. The molecular weight excluding hydrogens is 1250 g/mol. The second kappa shape index (κ2) is 32.3. The highest BCUT2D eigenvalue weighted by Crippen LogP contribution is 2.44. The second-order valence-electron chi connectivity index (χ2n) is 23.2. The Hall–Kier alpha value is -7.84.